The van der Waals surface area contributed by atoms with Gasteiger partial charge in [-0.05, 0) is 38.6 Å². The fourth-order valence-electron chi connectivity index (χ4n) is 2.71. The lowest BCUT2D eigenvalue weighted by Crippen LogP contribution is -2.50. The van der Waals surface area contributed by atoms with Gasteiger partial charge in [0.1, 0.15) is 0 Å². The molecule has 0 spiro atoms. The quantitative estimate of drug-likeness (QED) is 0.724. The van der Waals surface area contributed by atoms with E-state index in [1.54, 1.807) is 9.80 Å². The van der Waals surface area contributed by atoms with Crippen LogP contribution in [-0.2, 0) is 9.59 Å². The Morgan fingerprint density at radius 1 is 1.30 bits per heavy atom. The minimum Gasteiger partial charge on any atom is -0.334 e. The van der Waals surface area contributed by atoms with Crippen LogP contribution in [0.15, 0.2) is 10.1 Å². The molecule has 2 amide bonds. The number of hydrogen-bond donors (Lipinski definition) is 1. The maximum absolute atomic E-state index is 12.3. The second-order valence-electron chi connectivity index (χ2n) is 5.66. The highest BCUT2D eigenvalue weighted by Crippen LogP contribution is 2.23. The van der Waals surface area contributed by atoms with Crippen molar-refractivity contribution in [1.82, 2.24) is 9.80 Å². The van der Waals surface area contributed by atoms with Gasteiger partial charge >= 0.3 is 11.8 Å². The molecule has 5 nitrogen and oxygen atoms in total. The van der Waals surface area contributed by atoms with Gasteiger partial charge in [-0.15, -0.1) is 0 Å². The Balaban J connectivity index is 1.97. The van der Waals surface area contributed by atoms with Crippen LogP contribution in [0.4, 0.5) is 0 Å². The molecule has 1 atom stereocenters. The first-order valence-corrected chi connectivity index (χ1v) is 7.94. The third-order valence-corrected chi connectivity index (χ3v) is 5.09. The predicted molar refractivity (Wildman–Crippen MR) is 81.2 cm³/mol. The zero-order valence-electron chi connectivity index (χ0n) is 11.9. The van der Waals surface area contributed by atoms with Crippen molar-refractivity contribution in [2.45, 2.75) is 26.2 Å². The van der Waals surface area contributed by atoms with Crippen LogP contribution in [0.2, 0.25) is 0 Å². The van der Waals surface area contributed by atoms with E-state index in [2.05, 4.69) is 15.9 Å². The molecule has 0 aromatic rings. The number of carbonyl (C=O) groups is 2. The Morgan fingerprint density at radius 3 is 2.65 bits per heavy atom. The number of amides is 2. The van der Waals surface area contributed by atoms with Gasteiger partial charge in [0.15, 0.2) is 0 Å². The lowest BCUT2D eigenvalue weighted by molar-refractivity contribution is -0.152. The van der Waals surface area contributed by atoms with Crippen molar-refractivity contribution < 1.29 is 9.59 Å². The number of hydrogen-bond acceptors (Lipinski definition) is 3. The minimum absolute atomic E-state index is 0.329. The van der Waals surface area contributed by atoms with Crippen LogP contribution in [0.3, 0.4) is 0 Å². The molecular weight excluding hydrogens is 322 g/mol. The van der Waals surface area contributed by atoms with E-state index in [4.69, 9.17) is 5.73 Å². The number of nitrogens with zero attached hydrogens (tertiary/aromatic N) is 2. The SMILES string of the molecule is CC1=C(Br)CN(C(=O)C(=O)N2CCCC(CN)C2)CC1. The largest absolute Gasteiger partial charge is 0.334 e. The summed E-state index contributed by atoms with van der Waals surface area (Å²) in [5.41, 5.74) is 6.92. The number of halogens is 1. The van der Waals surface area contributed by atoms with E-state index in [0.717, 1.165) is 23.7 Å². The molecule has 0 radical (unpaired) electrons. The molecule has 0 bridgehead atoms. The summed E-state index contributed by atoms with van der Waals surface area (Å²) >= 11 is 3.47. The standard InChI is InChI=1S/C14H22BrN3O2/c1-10-4-6-18(9-12(10)15)14(20)13(19)17-5-2-3-11(7-16)8-17/h11H,2-9,16H2,1H3. The van der Waals surface area contributed by atoms with Gasteiger partial charge in [0.25, 0.3) is 0 Å². The number of rotatable bonds is 1. The molecule has 2 N–H and O–H groups in total. The molecule has 1 saturated heterocycles. The predicted octanol–water partition coefficient (Wildman–Crippen LogP) is 1.08. The lowest BCUT2D eigenvalue weighted by Gasteiger charge is -2.34. The topological polar surface area (TPSA) is 66.6 Å². The first kappa shape index (κ1) is 15.5. The summed E-state index contributed by atoms with van der Waals surface area (Å²) in [5, 5.41) is 0. The molecule has 6 heteroatoms. The smallest absolute Gasteiger partial charge is 0.312 e. The summed E-state index contributed by atoms with van der Waals surface area (Å²) in [4.78, 5) is 27.9. The molecular formula is C14H22BrN3O2. The molecule has 0 aromatic carbocycles. The third-order valence-electron chi connectivity index (χ3n) is 4.16. The van der Waals surface area contributed by atoms with E-state index in [9.17, 15) is 9.59 Å². The van der Waals surface area contributed by atoms with Crippen LogP contribution in [0, 0.1) is 5.92 Å². The zero-order valence-corrected chi connectivity index (χ0v) is 13.5. The molecule has 1 fully saturated rings. The summed E-state index contributed by atoms with van der Waals surface area (Å²) in [6, 6.07) is 0. The Bertz CT molecular complexity index is 436. The maximum Gasteiger partial charge on any atom is 0.312 e. The van der Waals surface area contributed by atoms with Crippen LogP contribution in [-0.4, -0.2) is 54.3 Å². The highest BCUT2D eigenvalue weighted by atomic mass is 79.9. The van der Waals surface area contributed by atoms with Crippen LogP contribution in [0.1, 0.15) is 26.2 Å². The van der Waals surface area contributed by atoms with Gasteiger partial charge in [-0.25, -0.2) is 0 Å². The molecule has 2 aliphatic heterocycles. The van der Waals surface area contributed by atoms with Gasteiger partial charge < -0.3 is 15.5 Å². The Labute approximate surface area is 128 Å². The van der Waals surface area contributed by atoms with E-state index in [1.807, 2.05) is 6.92 Å². The second kappa shape index (κ2) is 6.72. The van der Waals surface area contributed by atoms with Crippen molar-refractivity contribution >= 4 is 27.7 Å². The van der Waals surface area contributed by atoms with Gasteiger partial charge in [-0.2, -0.15) is 0 Å². The van der Waals surface area contributed by atoms with Crippen molar-refractivity contribution in [1.29, 1.82) is 0 Å². The summed E-state index contributed by atoms with van der Waals surface area (Å²) in [6.07, 6.45) is 2.81. The first-order chi connectivity index (χ1) is 9.52. The fraction of sp³-hybridized carbons (Fsp3) is 0.714. The van der Waals surface area contributed by atoms with Crippen molar-refractivity contribution in [2.75, 3.05) is 32.7 Å². The van der Waals surface area contributed by atoms with Crippen LogP contribution < -0.4 is 5.73 Å². The second-order valence-corrected chi connectivity index (χ2v) is 6.61. The lowest BCUT2D eigenvalue weighted by atomic mass is 9.98. The molecule has 0 aliphatic carbocycles. The van der Waals surface area contributed by atoms with Gasteiger partial charge in [-0.1, -0.05) is 21.5 Å². The van der Waals surface area contributed by atoms with E-state index < -0.39 is 0 Å². The molecule has 0 saturated carbocycles. The van der Waals surface area contributed by atoms with Crippen molar-refractivity contribution in [3.63, 3.8) is 0 Å². The van der Waals surface area contributed by atoms with Crippen LogP contribution in [0.25, 0.3) is 0 Å². The van der Waals surface area contributed by atoms with Crippen molar-refractivity contribution in [3.05, 3.63) is 10.1 Å². The van der Waals surface area contributed by atoms with Gasteiger partial charge in [-0.3, -0.25) is 9.59 Å². The summed E-state index contributed by atoms with van der Waals surface area (Å²) in [6.45, 7) is 5.04. The summed E-state index contributed by atoms with van der Waals surface area (Å²) < 4.78 is 1.02. The molecule has 2 rings (SSSR count). The summed E-state index contributed by atoms with van der Waals surface area (Å²) in [5.74, 6) is -0.425. The maximum atomic E-state index is 12.3. The van der Waals surface area contributed by atoms with E-state index in [1.165, 1.54) is 5.57 Å². The van der Waals surface area contributed by atoms with E-state index in [-0.39, 0.29) is 11.8 Å². The minimum atomic E-state index is -0.382. The number of nitrogens with two attached hydrogens (primary N) is 1. The van der Waals surface area contributed by atoms with Gasteiger partial charge in [0, 0.05) is 24.1 Å². The third kappa shape index (κ3) is 3.41. The van der Waals surface area contributed by atoms with Gasteiger partial charge in [0.2, 0.25) is 0 Å². The molecule has 1 unspecified atom stereocenters. The Kier molecular flexibility index (Phi) is 5.21. The molecule has 2 aliphatic rings. The van der Waals surface area contributed by atoms with E-state index >= 15 is 0 Å². The van der Waals surface area contributed by atoms with E-state index in [0.29, 0.717) is 38.6 Å². The molecule has 0 aromatic heterocycles. The summed E-state index contributed by atoms with van der Waals surface area (Å²) in [7, 11) is 0. The Morgan fingerprint density at radius 2 is 2.00 bits per heavy atom. The van der Waals surface area contributed by atoms with Crippen molar-refractivity contribution in [3.8, 4) is 0 Å². The monoisotopic (exact) mass is 343 g/mol. The zero-order chi connectivity index (χ0) is 14.7. The average molecular weight is 344 g/mol. The molecule has 2 heterocycles. The Hall–Kier alpha value is -0.880. The van der Waals surface area contributed by atoms with Crippen LogP contribution in [0.5, 0.6) is 0 Å². The fourth-order valence-corrected chi connectivity index (χ4v) is 3.21. The molecule has 112 valence electrons. The highest BCUT2D eigenvalue weighted by Gasteiger charge is 2.31. The first-order valence-electron chi connectivity index (χ1n) is 7.15. The van der Waals surface area contributed by atoms with Gasteiger partial charge in [0.05, 0.1) is 6.54 Å². The highest BCUT2D eigenvalue weighted by molar-refractivity contribution is 9.11. The normalized spacial score (nSPS) is 24.1. The number of carbonyl (C=O) groups excluding carboxylic acids is 2. The number of likely N-dealkylation sites (tertiary alicyclic amines) is 1. The molecule has 20 heavy (non-hydrogen) atoms. The van der Waals surface area contributed by atoms with Crippen molar-refractivity contribution in [2.24, 2.45) is 11.7 Å². The van der Waals surface area contributed by atoms with Crippen LogP contribution >= 0.6 is 15.9 Å². The average Bonchev–Trinajstić information content (AvgIpc) is 2.48. The number of piperidine rings is 1.